The fourth-order valence-electron chi connectivity index (χ4n) is 3.58. The third kappa shape index (κ3) is 8.47. The number of rotatable bonds is 13. The number of benzene rings is 1. The summed E-state index contributed by atoms with van der Waals surface area (Å²) in [6.45, 7) is 21.8. The van der Waals surface area contributed by atoms with Gasteiger partial charge in [-0.05, 0) is 36.5 Å². The Kier molecular flexibility index (Phi) is 11.1. The molecule has 31 heavy (non-hydrogen) atoms. The summed E-state index contributed by atoms with van der Waals surface area (Å²) >= 11 is 0. The molecule has 0 bridgehead atoms. The van der Waals surface area contributed by atoms with E-state index in [9.17, 15) is 5.11 Å². The highest BCUT2D eigenvalue weighted by Gasteiger charge is 2.41. The van der Waals surface area contributed by atoms with E-state index in [1.54, 1.807) is 13.2 Å². The Labute approximate surface area is 192 Å². The van der Waals surface area contributed by atoms with Gasteiger partial charge in [0.25, 0.3) is 0 Å². The first-order chi connectivity index (χ1) is 14.3. The van der Waals surface area contributed by atoms with E-state index in [1.807, 2.05) is 25.1 Å². The molecule has 6 atom stereocenters. The van der Waals surface area contributed by atoms with Crippen molar-refractivity contribution in [3.63, 3.8) is 0 Å². The van der Waals surface area contributed by atoms with Crippen LogP contribution in [0.2, 0.25) is 18.1 Å². The van der Waals surface area contributed by atoms with E-state index < -0.39 is 14.4 Å². The first-order valence-electron chi connectivity index (χ1n) is 11.5. The molecule has 178 valence electrons. The monoisotopic (exact) mass is 450 g/mol. The number of ether oxygens (including phenoxy) is 2. The maximum absolute atomic E-state index is 10.7. The fraction of sp³-hybridized carbons (Fsp3) is 0.692. The molecule has 0 saturated carbocycles. The van der Waals surface area contributed by atoms with Gasteiger partial charge in [-0.3, -0.25) is 0 Å². The molecular formula is C26H46O4Si. The van der Waals surface area contributed by atoms with Gasteiger partial charge >= 0.3 is 0 Å². The SMILES string of the molecule is C=C[C@@H](C)[C@H](O)C[C@H](OCc1ccccc1)[C@H](C)[C@@H](OC)[C@@H](C)O[Si](C)(C)C(C)(C)C. The minimum atomic E-state index is -1.94. The third-order valence-electron chi connectivity index (χ3n) is 6.89. The third-order valence-corrected chi connectivity index (χ3v) is 11.5. The Morgan fingerprint density at radius 2 is 1.68 bits per heavy atom. The maximum atomic E-state index is 10.7. The standard InChI is InChI=1S/C26H46O4Si/c1-11-19(2)23(27)17-24(29-18-22-15-13-12-14-16-22)20(3)25(28-8)21(4)30-31(9,10)26(5,6)7/h11-16,19-21,23-25,27H,1,17-18H2,2-10H3/t19-,20+,21-,23-,24+,25-/m1/s1. The predicted octanol–water partition coefficient (Wildman–Crippen LogP) is 6.21. The van der Waals surface area contributed by atoms with Crippen molar-refractivity contribution in [1.29, 1.82) is 0 Å². The highest BCUT2D eigenvalue weighted by atomic mass is 28.4. The van der Waals surface area contributed by atoms with Crippen molar-refractivity contribution in [2.24, 2.45) is 11.8 Å². The Morgan fingerprint density at radius 1 is 1.10 bits per heavy atom. The van der Waals surface area contributed by atoms with E-state index in [0.29, 0.717) is 13.0 Å². The van der Waals surface area contributed by atoms with Crippen molar-refractivity contribution in [1.82, 2.24) is 0 Å². The lowest BCUT2D eigenvalue weighted by molar-refractivity contribution is -0.100. The van der Waals surface area contributed by atoms with Gasteiger partial charge < -0.3 is 19.0 Å². The number of hydrogen-bond acceptors (Lipinski definition) is 4. The van der Waals surface area contributed by atoms with E-state index in [1.165, 1.54) is 0 Å². The van der Waals surface area contributed by atoms with Crippen LogP contribution in [0, 0.1) is 11.8 Å². The summed E-state index contributed by atoms with van der Waals surface area (Å²) in [4.78, 5) is 0. The number of aliphatic hydroxyl groups is 1. The van der Waals surface area contributed by atoms with Gasteiger partial charge in [-0.2, -0.15) is 0 Å². The molecule has 0 saturated heterocycles. The first kappa shape index (κ1) is 28.1. The van der Waals surface area contributed by atoms with Crippen LogP contribution in [0.1, 0.15) is 53.5 Å². The van der Waals surface area contributed by atoms with Crippen LogP contribution in [0.15, 0.2) is 43.0 Å². The Hall–Kier alpha value is -0.983. The second-order valence-corrected chi connectivity index (χ2v) is 15.1. The molecule has 0 spiro atoms. The molecule has 1 aromatic carbocycles. The van der Waals surface area contributed by atoms with E-state index in [-0.39, 0.29) is 35.2 Å². The zero-order chi connectivity index (χ0) is 23.8. The molecule has 0 unspecified atom stereocenters. The summed E-state index contributed by atoms with van der Waals surface area (Å²) in [5.41, 5.74) is 1.12. The minimum Gasteiger partial charge on any atom is -0.412 e. The van der Waals surface area contributed by atoms with Crippen LogP contribution in [-0.4, -0.2) is 44.9 Å². The van der Waals surface area contributed by atoms with Gasteiger partial charge in [-0.25, -0.2) is 0 Å². The van der Waals surface area contributed by atoms with Gasteiger partial charge in [0, 0.05) is 19.4 Å². The molecule has 0 fully saturated rings. The zero-order valence-corrected chi connectivity index (χ0v) is 22.2. The van der Waals surface area contributed by atoms with Crippen LogP contribution < -0.4 is 0 Å². The Balaban J connectivity index is 3.01. The number of methoxy groups -OCH3 is 1. The zero-order valence-electron chi connectivity index (χ0n) is 21.2. The summed E-state index contributed by atoms with van der Waals surface area (Å²) in [5.74, 6) is 0.0390. The molecule has 0 amide bonds. The van der Waals surface area contributed by atoms with Crippen molar-refractivity contribution < 1.29 is 19.0 Å². The average molecular weight is 451 g/mol. The van der Waals surface area contributed by atoms with Crippen molar-refractivity contribution >= 4 is 8.32 Å². The lowest BCUT2D eigenvalue weighted by Gasteiger charge is -2.42. The molecule has 1 aromatic rings. The number of aliphatic hydroxyl groups excluding tert-OH is 1. The van der Waals surface area contributed by atoms with Gasteiger partial charge in [0.1, 0.15) is 0 Å². The molecule has 0 radical (unpaired) electrons. The molecule has 0 heterocycles. The van der Waals surface area contributed by atoms with E-state index in [2.05, 4.69) is 66.4 Å². The summed E-state index contributed by atoms with van der Waals surface area (Å²) in [5, 5.41) is 10.8. The van der Waals surface area contributed by atoms with Crippen molar-refractivity contribution in [3.05, 3.63) is 48.6 Å². The minimum absolute atomic E-state index is 0.00285. The van der Waals surface area contributed by atoms with Crippen molar-refractivity contribution in [2.45, 2.75) is 97.1 Å². The Bertz CT molecular complexity index is 641. The molecule has 0 aliphatic carbocycles. The van der Waals surface area contributed by atoms with Gasteiger partial charge in [0.05, 0.1) is 31.0 Å². The highest BCUT2D eigenvalue weighted by Crippen LogP contribution is 2.38. The van der Waals surface area contributed by atoms with E-state index in [0.717, 1.165) is 5.56 Å². The van der Waals surface area contributed by atoms with Crippen LogP contribution in [0.25, 0.3) is 0 Å². The predicted molar refractivity (Wildman–Crippen MR) is 133 cm³/mol. The maximum Gasteiger partial charge on any atom is 0.192 e. The summed E-state index contributed by atoms with van der Waals surface area (Å²) in [7, 11) is -0.198. The summed E-state index contributed by atoms with van der Waals surface area (Å²) in [6.07, 6.45) is 1.41. The van der Waals surface area contributed by atoms with E-state index in [4.69, 9.17) is 13.9 Å². The molecule has 0 aliphatic rings. The Morgan fingerprint density at radius 3 is 2.16 bits per heavy atom. The number of hydrogen-bond donors (Lipinski definition) is 1. The van der Waals surface area contributed by atoms with Gasteiger partial charge in [0.2, 0.25) is 0 Å². The summed E-state index contributed by atoms with van der Waals surface area (Å²) < 4.78 is 19.0. The van der Waals surface area contributed by atoms with Crippen LogP contribution in [0.3, 0.4) is 0 Å². The van der Waals surface area contributed by atoms with Gasteiger partial charge in [-0.1, -0.05) is 71.0 Å². The van der Waals surface area contributed by atoms with Gasteiger partial charge in [0.15, 0.2) is 8.32 Å². The average Bonchev–Trinajstić information content (AvgIpc) is 2.70. The van der Waals surface area contributed by atoms with Crippen LogP contribution in [0.5, 0.6) is 0 Å². The molecule has 0 aliphatic heterocycles. The topological polar surface area (TPSA) is 47.9 Å². The summed E-state index contributed by atoms with van der Waals surface area (Å²) in [6, 6.07) is 10.1. The molecule has 0 aromatic heterocycles. The van der Waals surface area contributed by atoms with Crippen LogP contribution in [-0.2, 0) is 20.5 Å². The molecule has 4 nitrogen and oxygen atoms in total. The highest BCUT2D eigenvalue weighted by molar-refractivity contribution is 6.74. The largest absolute Gasteiger partial charge is 0.412 e. The quantitative estimate of drug-likeness (QED) is 0.287. The van der Waals surface area contributed by atoms with Crippen molar-refractivity contribution in [2.75, 3.05) is 7.11 Å². The molecule has 5 heteroatoms. The second kappa shape index (κ2) is 12.3. The van der Waals surface area contributed by atoms with Crippen molar-refractivity contribution in [3.8, 4) is 0 Å². The van der Waals surface area contributed by atoms with Crippen LogP contribution in [0.4, 0.5) is 0 Å². The smallest absolute Gasteiger partial charge is 0.192 e. The van der Waals surface area contributed by atoms with Gasteiger partial charge in [-0.15, -0.1) is 6.58 Å². The molecule has 1 N–H and O–H groups in total. The fourth-order valence-corrected chi connectivity index (χ4v) is 4.99. The molecule has 1 rings (SSSR count). The second-order valence-electron chi connectivity index (χ2n) is 10.4. The van der Waals surface area contributed by atoms with Crippen LogP contribution >= 0.6 is 0 Å². The lowest BCUT2D eigenvalue weighted by atomic mass is 9.88. The first-order valence-corrected chi connectivity index (χ1v) is 14.4. The normalized spacial score (nSPS) is 18.6. The molecular weight excluding hydrogens is 404 g/mol. The van der Waals surface area contributed by atoms with E-state index >= 15 is 0 Å². The lowest BCUT2D eigenvalue weighted by Crippen LogP contribution is -2.49.